The van der Waals surface area contributed by atoms with Crippen LogP contribution in [0.2, 0.25) is 0 Å². The smallest absolute Gasteiger partial charge is 0.134 e. The van der Waals surface area contributed by atoms with Gasteiger partial charge in [0.25, 0.3) is 0 Å². The first kappa shape index (κ1) is 17.8. The van der Waals surface area contributed by atoms with Crippen molar-refractivity contribution in [3.05, 3.63) is 12.7 Å². The van der Waals surface area contributed by atoms with Gasteiger partial charge in [-0.2, -0.15) is 0 Å². The molecule has 0 aromatic heterocycles. The predicted molar refractivity (Wildman–Crippen MR) is 84.2 cm³/mol. The number of unbranched alkanes of at least 4 members (excludes halogenated alkanes) is 2. The second-order valence-electron chi connectivity index (χ2n) is 5.67. The molecule has 0 heterocycles. The van der Waals surface area contributed by atoms with Gasteiger partial charge >= 0.3 is 0 Å². The standard InChI is InChI=1S/C18H26O3/c1-2-16(19)10-6-4-8-12-18(21)17(20)11-7-3-5-9-15-13-14-15/h2,15-21H,1,3,5,7,9,11-14H2. The van der Waals surface area contributed by atoms with Gasteiger partial charge in [0.05, 0.1) is 12.2 Å². The molecule has 1 saturated carbocycles. The van der Waals surface area contributed by atoms with Crippen LogP contribution in [0.5, 0.6) is 0 Å². The number of hydrogen-bond donors (Lipinski definition) is 3. The molecule has 1 rings (SSSR count). The van der Waals surface area contributed by atoms with E-state index in [1.54, 1.807) is 0 Å². The van der Waals surface area contributed by atoms with Gasteiger partial charge in [-0.15, -0.1) is 0 Å². The highest BCUT2D eigenvalue weighted by molar-refractivity contribution is 5.28. The summed E-state index contributed by atoms with van der Waals surface area (Å²) in [5.74, 6) is 11.2. The highest BCUT2D eigenvalue weighted by atomic mass is 16.3. The van der Waals surface area contributed by atoms with Crippen molar-refractivity contribution in [2.45, 2.75) is 69.7 Å². The van der Waals surface area contributed by atoms with Gasteiger partial charge < -0.3 is 15.3 Å². The zero-order chi connectivity index (χ0) is 15.5. The van der Waals surface area contributed by atoms with Crippen molar-refractivity contribution in [3.63, 3.8) is 0 Å². The number of hydrogen-bond acceptors (Lipinski definition) is 3. The number of aliphatic hydroxyl groups is 3. The van der Waals surface area contributed by atoms with Crippen molar-refractivity contribution < 1.29 is 15.3 Å². The third-order valence-electron chi connectivity index (χ3n) is 3.66. The summed E-state index contributed by atoms with van der Waals surface area (Å²) in [4.78, 5) is 0. The number of rotatable bonds is 9. The first-order valence-corrected chi connectivity index (χ1v) is 7.78. The molecular formula is C18H26O3. The zero-order valence-electron chi connectivity index (χ0n) is 12.6. The third-order valence-corrected chi connectivity index (χ3v) is 3.66. The van der Waals surface area contributed by atoms with Gasteiger partial charge in [0.15, 0.2) is 0 Å². The molecule has 1 aliphatic carbocycles. The topological polar surface area (TPSA) is 60.7 Å². The molecule has 0 aromatic carbocycles. The summed E-state index contributed by atoms with van der Waals surface area (Å²) < 4.78 is 0. The Morgan fingerprint density at radius 3 is 2.48 bits per heavy atom. The van der Waals surface area contributed by atoms with Gasteiger partial charge in [-0.25, -0.2) is 0 Å². The quantitative estimate of drug-likeness (QED) is 0.346. The maximum Gasteiger partial charge on any atom is 0.134 e. The molecule has 0 aliphatic heterocycles. The molecule has 3 unspecified atom stereocenters. The largest absolute Gasteiger partial charge is 0.390 e. The lowest BCUT2D eigenvalue weighted by molar-refractivity contribution is 0.0165. The second-order valence-corrected chi connectivity index (χ2v) is 5.67. The summed E-state index contributed by atoms with van der Waals surface area (Å²) in [5, 5.41) is 28.7. The molecule has 0 radical (unpaired) electrons. The molecular weight excluding hydrogens is 264 g/mol. The van der Waals surface area contributed by atoms with Gasteiger partial charge in [0, 0.05) is 6.42 Å². The van der Waals surface area contributed by atoms with E-state index in [2.05, 4.69) is 30.3 Å². The van der Waals surface area contributed by atoms with Crippen molar-refractivity contribution in [1.82, 2.24) is 0 Å². The molecule has 1 aliphatic rings. The van der Waals surface area contributed by atoms with Gasteiger partial charge in [0.1, 0.15) is 6.10 Å². The van der Waals surface area contributed by atoms with Crippen LogP contribution in [0.25, 0.3) is 0 Å². The Hall–Kier alpha value is -1.26. The molecule has 0 amide bonds. The molecule has 0 aromatic rings. The fourth-order valence-corrected chi connectivity index (χ4v) is 2.07. The van der Waals surface area contributed by atoms with Crippen LogP contribution < -0.4 is 0 Å². The van der Waals surface area contributed by atoms with Gasteiger partial charge in [-0.3, -0.25) is 0 Å². The van der Waals surface area contributed by atoms with E-state index in [-0.39, 0.29) is 6.42 Å². The Labute approximate surface area is 128 Å². The van der Waals surface area contributed by atoms with Crippen molar-refractivity contribution in [2.75, 3.05) is 0 Å². The summed E-state index contributed by atoms with van der Waals surface area (Å²) in [6.07, 6.45) is 7.13. The molecule has 3 atom stereocenters. The minimum atomic E-state index is -0.870. The molecule has 3 heteroatoms. The molecule has 21 heavy (non-hydrogen) atoms. The minimum Gasteiger partial charge on any atom is -0.390 e. The lowest BCUT2D eigenvalue weighted by Crippen LogP contribution is -2.25. The average molecular weight is 290 g/mol. The molecule has 0 spiro atoms. The Morgan fingerprint density at radius 2 is 1.81 bits per heavy atom. The van der Waals surface area contributed by atoms with Crippen LogP contribution >= 0.6 is 0 Å². The first-order chi connectivity index (χ1) is 10.1. The maximum absolute atomic E-state index is 9.81. The Balaban J connectivity index is 2.08. The molecule has 0 saturated heterocycles. The second kappa shape index (κ2) is 10.5. The normalized spacial score (nSPS) is 17.7. The fraction of sp³-hybridized carbons (Fsp3) is 0.667. The van der Waals surface area contributed by atoms with E-state index in [0.29, 0.717) is 6.42 Å². The summed E-state index contributed by atoms with van der Waals surface area (Å²) in [6.45, 7) is 3.39. The zero-order valence-corrected chi connectivity index (χ0v) is 12.6. The van der Waals surface area contributed by atoms with Crippen LogP contribution in [0.15, 0.2) is 12.7 Å². The van der Waals surface area contributed by atoms with Gasteiger partial charge in [0.2, 0.25) is 0 Å². The predicted octanol–water partition coefficient (Wildman–Crippen LogP) is 2.01. The van der Waals surface area contributed by atoms with E-state index in [0.717, 1.165) is 18.8 Å². The number of aliphatic hydroxyl groups excluding tert-OH is 3. The van der Waals surface area contributed by atoms with Crippen LogP contribution in [-0.4, -0.2) is 33.6 Å². The van der Waals surface area contributed by atoms with Crippen molar-refractivity contribution in [2.24, 2.45) is 5.92 Å². The monoisotopic (exact) mass is 290 g/mol. The van der Waals surface area contributed by atoms with E-state index in [9.17, 15) is 10.2 Å². The Morgan fingerprint density at radius 1 is 1.05 bits per heavy atom. The summed E-state index contributed by atoms with van der Waals surface area (Å²) in [5.41, 5.74) is 0. The van der Waals surface area contributed by atoms with Crippen LogP contribution in [0.4, 0.5) is 0 Å². The van der Waals surface area contributed by atoms with Crippen LogP contribution in [0.1, 0.15) is 51.4 Å². The fourth-order valence-electron chi connectivity index (χ4n) is 2.07. The van der Waals surface area contributed by atoms with Gasteiger partial charge in [-0.05, 0) is 24.2 Å². The third kappa shape index (κ3) is 9.32. The maximum atomic E-state index is 9.81. The lowest BCUT2D eigenvalue weighted by Gasteiger charge is -2.15. The molecule has 3 nitrogen and oxygen atoms in total. The highest BCUT2D eigenvalue weighted by Crippen LogP contribution is 2.34. The van der Waals surface area contributed by atoms with Crippen molar-refractivity contribution >= 4 is 0 Å². The molecule has 116 valence electrons. The Kier molecular flexibility index (Phi) is 8.87. The van der Waals surface area contributed by atoms with Crippen molar-refractivity contribution in [3.8, 4) is 23.7 Å². The lowest BCUT2D eigenvalue weighted by atomic mass is 10.0. The van der Waals surface area contributed by atoms with E-state index in [1.807, 2.05) is 0 Å². The van der Waals surface area contributed by atoms with E-state index >= 15 is 0 Å². The summed E-state index contributed by atoms with van der Waals surface area (Å²) >= 11 is 0. The minimum absolute atomic E-state index is 0.197. The highest BCUT2D eigenvalue weighted by Gasteiger charge is 2.20. The van der Waals surface area contributed by atoms with E-state index in [1.165, 1.54) is 31.8 Å². The van der Waals surface area contributed by atoms with Gasteiger partial charge in [-0.1, -0.05) is 63.0 Å². The average Bonchev–Trinajstić information content (AvgIpc) is 3.29. The first-order valence-electron chi connectivity index (χ1n) is 7.78. The van der Waals surface area contributed by atoms with Crippen LogP contribution in [0, 0.1) is 29.6 Å². The summed E-state index contributed by atoms with van der Waals surface area (Å²) in [7, 11) is 0. The van der Waals surface area contributed by atoms with E-state index in [4.69, 9.17) is 5.11 Å². The SMILES string of the molecule is C=CC(O)C#CC#CCC(O)C(O)CCCCCC1CC1. The van der Waals surface area contributed by atoms with Crippen molar-refractivity contribution in [1.29, 1.82) is 0 Å². The molecule has 1 fully saturated rings. The van der Waals surface area contributed by atoms with E-state index < -0.39 is 18.3 Å². The van der Waals surface area contributed by atoms with Crippen LogP contribution in [-0.2, 0) is 0 Å². The molecule has 3 N–H and O–H groups in total. The summed E-state index contributed by atoms with van der Waals surface area (Å²) in [6, 6.07) is 0. The van der Waals surface area contributed by atoms with Crippen LogP contribution in [0.3, 0.4) is 0 Å². The molecule has 0 bridgehead atoms. The Bertz CT molecular complexity index is 417.